The van der Waals surface area contributed by atoms with Crippen molar-refractivity contribution in [2.24, 2.45) is 0 Å². The van der Waals surface area contributed by atoms with E-state index in [-0.39, 0.29) is 16.6 Å². The maximum absolute atomic E-state index is 11.2. The predicted octanol–water partition coefficient (Wildman–Crippen LogP) is 13.0. The van der Waals surface area contributed by atoms with Gasteiger partial charge in [0.05, 0.1) is 22.3 Å². The number of allylic oxidation sites excluding steroid dienone is 5. The van der Waals surface area contributed by atoms with Gasteiger partial charge in [0.1, 0.15) is 5.75 Å². The van der Waals surface area contributed by atoms with Crippen LogP contribution in [0.2, 0.25) is 0 Å². The molecule has 55 heavy (non-hydrogen) atoms. The predicted molar refractivity (Wildman–Crippen MR) is 231 cm³/mol. The second kappa shape index (κ2) is 13.7. The van der Waals surface area contributed by atoms with Crippen LogP contribution in [0.25, 0.3) is 44.1 Å². The zero-order chi connectivity index (χ0) is 38.5. The Kier molecular flexibility index (Phi) is 8.93. The van der Waals surface area contributed by atoms with Crippen LogP contribution in [0.5, 0.6) is 5.75 Å². The Hall–Kier alpha value is -6.06. The molecule has 1 aliphatic carbocycles. The summed E-state index contributed by atoms with van der Waals surface area (Å²) in [5.41, 5.74) is 11.5. The fraction of sp³-hybridized carbons (Fsp3) is 0.192. The summed E-state index contributed by atoms with van der Waals surface area (Å²) < 4.78 is 0. The van der Waals surface area contributed by atoms with Crippen molar-refractivity contribution in [3.8, 4) is 28.1 Å². The monoisotopic (exact) mass is 716 g/mol. The van der Waals surface area contributed by atoms with E-state index in [0.717, 1.165) is 67.3 Å². The van der Waals surface area contributed by atoms with Crippen LogP contribution in [-0.4, -0.2) is 15.1 Å². The Bertz CT molecular complexity index is 2640. The molecule has 7 aromatic rings. The number of phenols is 1. The zero-order valence-corrected chi connectivity index (χ0v) is 32.7. The second-order valence-electron chi connectivity index (χ2n) is 16.9. The van der Waals surface area contributed by atoms with Crippen molar-refractivity contribution in [2.45, 2.75) is 64.2 Å². The fourth-order valence-corrected chi connectivity index (χ4v) is 8.14. The first-order valence-corrected chi connectivity index (χ1v) is 19.2. The maximum atomic E-state index is 11.2. The second-order valence-corrected chi connectivity index (χ2v) is 16.9. The van der Waals surface area contributed by atoms with Crippen LogP contribution in [-0.2, 0) is 22.7 Å². The standard InChI is InChI=1S/C52H48N2O/c1-34-17-9-8-10-18-36-19-11-13-21-45(36)52(34,48-23-15-16-28-53-48)38-26-24-35-25-27-41-43(37-29-39(50(2,3)4)31-40(30-37)51(5,6)7)33-46(54-49(41)44(35)32-38)42-20-12-14-22-47(42)55/h8-17,19-33,55H,1,18H2,2-7H3/b10-8-,17-9-. The van der Waals surface area contributed by atoms with Gasteiger partial charge in [-0.15, -0.1) is 0 Å². The van der Waals surface area contributed by atoms with Crippen molar-refractivity contribution in [2.75, 3.05) is 0 Å². The van der Waals surface area contributed by atoms with Crippen molar-refractivity contribution in [1.29, 1.82) is 0 Å². The fourth-order valence-electron chi connectivity index (χ4n) is 8.14. The molecule has 0 saturated carbocycles. The molecule has 1 unspecified atom stereocenters. The van der Waals surface area contributed by atoms with E-state index in [4.69, 9.17) is 16.5 Å². The van der Waals surface area contributed by atoms with Gasteiger partial charge in [-0.3, -0.25) is 4.98 Å². The topological polar surface area (TPSA) is 46.0 Å². The van der Waals surface area contributed by atoms with Crippen molar-refractivity contribution in [3.05, 3.63) is 197 Å². The van der Waals surface area contributed by atoms with E-state index in [9.17, 15) is 5.11 Å². The number of aromatic nitrogens is 2. The summed E-state index contributed by atoms with van der Waals surface area (Å²) in [5, 5.41) is 14.4. The highest BCUT2D eigenvalue weighted by atomic mass is 16.3. The van der Waals surface area contributed by atoms with Crippen LogP contribution >= 0.6 is 0 Å². The molecule has 272 valence electrons. The maximum Gasteiger partial charge on any atom is 0.124 e. The van der Waals surface area contributed by atoms with Gasteiger partial charge in [-0.25, -0.2) is 4.98 Å². The summed E-state index contributed by atoms with van der Waals surface area (Å²) in [5.74, 6) is 0.202. The SMILES string of the molecule is C=C1/C=C\C=C/Cc2ccccc2C1(c1ccc2ccc3c(-c4cc(C(C)(C)C)cc(C(C)(C)C)c4)cc(-c4ccccc4O)nc3c2c1)c1ccccn1. The van der Waals surface area contributed by atoms with E-state index in [1.165, 1.54) is 16.7 Å². The summed E-state index contributed by atoms with van der Waals surface area (Å²) in [6.45, 7) is 18.4. The highest BCUT2D eigenvalue weighted by Crippen LogP contribution is 2.48. The lowest BCUT2D eigenvalue weighted by Crippen LogP contribution is -2.33. The first-order chi connectivity index (χ1) is 26.4. The molecule has 1 N–H and O–H groups in total. The molecule has 0 aliphatic heterocycles. The third-order valence-electron chi connectivity index (χ3n) is 11.2. The Labute approximate surface area is 325 Å². The van der Waals surface area contributed by atoms with Gasteiger partial charge < -0.3 is 5.11 Å². The van der Waals surface area contributed by atoms with Gasteiger partial charge in [-0.05, 0) is 104 Å². The number of rotatable bonds is 4. The molecule has 8 rings (SSSR count). The lowest BCUT2D eigenvalue weighted by molar-refractivity contribution is 0.477. The highest BCUT2D eigenvalue weighted by Gasteiger charge is 2.41. The van der Waals surface area contributed by atoms with E-state index in [2.05, 4.69) is 157 Å². The Morgan fingerprint density at radius 2 is 1.38 bits per heavy atom. The molecule has 0 spiro atoms. The van der Waals surface area contributed by atoms with E-state index in [1.807, 2.05) is 30.5 Å². The summed E-state index contributed by atoms with van der Waals surface area (Å²) in [6.07, 6.45) is 11.2. The van der Waals surface area contributed by atoms with Crippen LogP contribution in [0.4, 0.5) is 0 Å². The highest BCUT2D eigenvalue weighted by molar-refractivity contribution is 6.11. The first-order valence-electron chi connectivity index (χ1n) is 19.2. The largest absolute Gasteiger partial charge is 0.507 e. The van der Waals surface area contributed by atoms with Gasteiger partial charge >= 0.3 is 0 Å². The Balaban J connectivity index is 1.50. The van der Waals surface area contributed by atoms with E-state index in [1.54, 1.807) is 6.07 Å². The zero-order valence-electron chi connectivity index (χ0n) is 32.7. The van der Waals surface area contributed by atoms with Crippen molar-refractivity contribution in [3.63, 3.8) is 0 Å². The van der Waals surface area contributed by atoms with Crippen LogP contribution in [0, 0.1) is 0 Å². The molecule has 3 nitrogen and oxygen atoms in total. The van der Waals surface area contributed by atoms with Gasteiger partial charge in [0, 0.05) is 22.5 Å². The lowest BCUT2D eigenvalue weighted by Gasteiger charge is -2.37. The van der Waals surface area contributed by atoms with Gasteiger partial charge in [-0.2, -0.15) is 0 Å². The third kappa shape index (κ3) is 6.38. The van der Waals surface area contributed by atoms with Crippen molar-refractivity contribution >= 4 is 21.7 Å². The summed E-state index contributed by atoms with van der Waals surface area (Å²) in [7, 11) is 0. The molecule has 0 bridgehead atoms. The smallest absolute Gasteiger partial charge is 0.124 e. The molecule has 0 saturated heterocycles. The summed E-state index contributed by atoms with van der Waals surface area (Å²) in [4.78, 5) is 10.5. The molecule has 1 atom stereocenters. The number of benzene rings is 5. The van der Waals surface area contributed by atoms with Crippen LogP contribution < -0.4 is 0 Å². The lowest BCUT2D eigenvalue weighted by atomic mass is 9.65. The summed E-state index contributed by atoms with van der Waals surface area (Å²) >= 11 is 0. The minimum atomic E-state index is -0.780. The number of fused-ring (bicyclic) bond motifs is 4. The van der Waals surface area contributed by atoms with Crippen LogP contribution in [0.3, 0.4) is 0 Å². The number of hydrogen-bond donors (Lipinski definition) is 1. The molecule has 5 aromatic carbocycles. The number of hydrogen-bond acceptors (Lipinski definition) is 3. The van der Waals surface area contributed by atoms with Gasteiger partial charge in [0.25, 0.3) is 0 Å². The van der Waals surface area contributed by atoms with E-state index >= 15 is 0 Å². The molecular weight excluding hydrogens is 669 g/mol. The molecule has 1 aliphatic rings. The van der Waals surface area contributed by atoms with Crippen molar-refractivity contribution < 1.29 is 5.11 Å². The molecule has 0 radical (unpaired) electrons. The molecule has 3 heteroatoms. The molecule has 2 heterocycles. The van der Waals surface area contributed by atoms with Crippen molar-refractivity contribution in [1.82, 2.24) is 9.97 Å². The Morgan fingerprint density at radius 1 is 0.673 bits per heavy atom. The van der Waals surface area contributed by atoms with Crippen LogP contribution in [0.1, 0.15) is 75.1 Å². The molecular formula is C52H48N2O. The number of phenolic OH excluding ortho intramolecular Hbond substituents is 1. The minimum Gasteiger partial charge on any atom is -0.507 e. The average molecular weight is 717 g/mol. The summed E-state index contributed by atoms with van der Waals surface area (Å²) in [6, 6.07) is 42.7. The number of pyridine rings is 2. The minimum absolute atomic E-state index is 0.0557. The molecule has 0 amide bonds. The molecule has 0 fully saturated rings. The average Bonchev–Trinajstić information content (AvgIpc) is 3.24. The first kappa shape index (κ1) is 35.9. The quantitative estimate of drug-likeness (QED) is 0.184. The van der Waals surface area contributed by atoms with Crippen LogP contribution in [0.15, 0.2) is 164 Å². The normalized spacial score (nSPS) is 17.3. The molecule has 2 aromatic heterocycles. The van der Waals surface area contributed by atoms with E-state index < -0.39 is 5.41 Å². The van der Waals surface area contributed by atoms with E-state index in [0.29, 0.717) is 5.56 Å². The third-order valence-corrected chi connectivity index (χ3v) is 11.2. The number of aromatic hydroxyl groups is 1. The van der Waals surface area contributed by atoms with Gasteiger partial charge in [0.2, 0.25) is 0 Å². The number of nitrogens with zero attached hydrogens (tertiary/aromatic N) is 2. The van der Waals surface area contributed by atoms with Gasteiger partial charge in [0.15, 0.2) is 0 Å². The Morgan fingerprint density at radius 3 is 2.11 bits per heavy atom. The number of para-hydroxylation sites is 1. The van der Waals surface area contributed by atoms with Gasteiger partial charge in [-0.1, -0.05) is 157 Å².